The highest BCUT2D eigenvalue weighted by Gasteiger charge is 2.33. The van der Waals surface area contributed by atoms with Gasteiger partial charge >= 0.3 is 0 Å². The Kier molecular flexibility index (Phi) is 7.13. The summed E-state index contributed by atoms with van der Waals surface area (Å²) in [6.45, 7) is 6.39. The first-order valence-electron chi connectivity index (χ1n) is 11.4. The van der Waals surface area contributed by atoms with Gasteiger partial charge in [0.2, 0.25) is 0 Å². The standard InChI is InChI=1S/C27H30N2O4/c1-4-19-6-8-20(9-7-19)18-33-25-11-10-21(14-26(25)31-3)22-16-29(17-22)27(30)24-15-23(32-5-2)12-13-28-24/h6-15,22H,4-5,16-18H2,1-3H3. The number of hydrogen-bond donors (Lipinski definition) is 0. The van der Waals surface area contributed by atoms with Crippen molar-refractivity contribution in [2.24, 2.45) is 0 Å². The molecule has 4 rings (SSSR count). The van der Waals surface area contributed by atoms with E-state index in [0.717, 1.165) is 17.5 Å². The molecule has 1 saturated heterocycles. The summed E-state index contributed by atoms with van der Waals surface area (Å²) < 4.78 is 17.1. The molecule has 0 aliphatic carbocycles. The number of methoxy groups -OCH3 is 1. The van der Waals surface area contributed by atoms with E-state index in [1.165, 1.54) is 5.56 Å². The van der Waals surface area contributed by atoms with E-state index < -0.39 is 0 Å². The molecule has 172 valence electrons. The fraction of sp³-hybridized carbons (Fsp3) is 0.333. The van der Waals surface area contributed by atoms with E-state index in [1.54, 1.807) is 30.3 Å². The number of amides is 1. The second-order valence-corrected chi connectivity index (χ2v) is 8.09. The fourth-order valence-corrected chi connectivity index (χ4v) is 3.89. The van der Waals surface area contributed by atoms with Crippen LogP contribution in [0.1, 0.15) is 46.9 Å². The van der Waals surface area contributed by atoms with Crippen LogP contribution in [0.15, 0.2) is 60.8 Å². The van der Waals surface area contributed by atoms with Gasteiger partial charge in [-0.2, -0.15) is 0 Å². The number of ether oxygens (including phenoxy) is 3. The normalized spacial score (nSPS) is 13.4. The summed E-state index contributed by atoms with van der Waals surface area (Å²) >= 11 is 0. The second kappa shape index (κ2) is 10.4. The average molecular weight is 447 g/mol. The number of pyridine rings is 1. The maximum absolute atomic E-state index is 12.8. The molecule has 1 aliphatic rings. The monoisotopic (exact) mass is 446 g/mol. The fourth-order valence-electron chi connectivity index (χ4n) is 3.89. The number of carbonyl (C=O) groups is 1. The Hall–Kier alpha value is -3.54. The largest absolute Gasteiger partial charge is 0.494 e. The Morgan fingerprint density at radius 1 is 0.970 bits per heavy atom. The summed E-state index contributed by atoms with van der Waals surface area (Å²) in [6.07, 6.45) is 2.63. The Labute approximate surface area is 195 Å². The highest BCUT2D eigenvalue weighted by atomic mass is 16.5. The smallest absolute Gasteiger partial charge is 0.272 e. The van der Waals surface area contributed by atoms with Crippen LogP contribution in [-0.4, -0.2) is 42.6 Å². The summed E-state index contributed by atoms with van der Waals surface area (Å²) in [4.78, 5) is 18.8. The van der Waals surface area contributed by atoms with Crippen LogP contribution in [0, 0.1) is 0 Å². The van der Waals surface area contributed by atoms with E-state index in [2.05, 4.69) is 42.2 Å². The van der Waals surface area contributed by atoms with Crippen molar-refractivity contribution in [3.05, 3.63) is 83.2 Å². The first kappa shape index (κ1) is 22.6. The lowest BCUT2D eigenvalue weighted by molar-refractivity contribution is 0.0595. The maximum Gasteiger partial charge on any atom is 0.272 e. The zero-order valence-corrected chi connectivity index (χ0v) is 19.4. The Morgan fingerprint density at radius 2 is 1.73 bits per heavy atom. The van der Waals surface area contributed by atoms with Gasteiger partial charge in [-0.15, -0.1) is 0 Å². The lowest BCUT2D eigenvalue weighted by Crippen LogP contribution is -2.48. The Morgan fingerprint density at radius 3 is 2.42 bits per heavy atom. The molecule has 1 aromatic heterocycles. The SMILES string of the molecule is CCOc1ccnc(C(=O)N2CC(c3ccc(OCc4ccc(CC)cc4)c(OC)c3)C2)c1. The van der Waals surface area contributed by atoms with Gasteiger partial charge < -0.3 is 19.1 Å². The molecule has 33 heavy (non-hydrogen) atoms. The Bertz CT molecular complexity index is 1090. The molecule has 0 radical (unpaired) electrons. The number of nitrogens with zero attached hydrogens (tertiary/aromatic N) is 2. The third-order valence-electron chi connectivity index (χ3n) is 5.91. The van der Waals surface area contributed by atoms with Gasteiger partial charge in [0.25, 0.3) is 5.91 Å². The molecule has 1 aliphatic heterocycles. The number of carbonyl (C=O) groups excluding carboxylic acids is 1. The van der Waals surface area contributed by atoms with Crippen LogP contribution in [-0.2, 0) is 13.0 Å². The van der Waals surface area contributed by atoms with Crippen molar-refractivity contribution < 1.29 is 19.0 Å². The molecule has 0 atom stereocenters. The minimum absolute atomic E-state index is 0.0752. The average Bonchev–Trinajstić information content (AvgIpc) is 2.82. The maximum atomic E-state index is 12.8. The summed E-state index contributed by atoms with van der Waals surface area (Å²) in [6, 6.07) is 17.9. The van der Waals surface area contributed by atoms with Gasteiger partial charge in [-0.1, -0.05) is 37.3 Å². The quantitative estimate of drug-likeness (QED) is 0.469. The van der Waals surface area contributed by atoms with Crippen LogP contribution in [0.3, 0.4) is 0 Å². The molecular weight excluding hydrogens is 416 g/mol. The first-order chi connectivity index (χ1) is 16.1. The third-order valence-corrected chi connectivity index (χ3v) is 5.91. The van der Waals surface area contributed by atoms with Crippen LogP contribution < -0.4 is 14.2 Å². The van der Waals surface area contributed by atoms with Gasteiger partial charge in [0.1, 0.15) is 18.1 Å². The predicted molar refractivity (Wildman–Crippen MR) is 127 cm³/mol. The Balaban J connectivity index is 1.36. The lowest BCUT2D eigenvalue weighted by atomic mass is 9.91. The van der Waals surface area contributed by atoms with Crippen molar-refractivity contribution >= 4 is 5.91 Å². The number of hydrogen-bond acceptors (Lipinski definition) is 5. The van der Waals surface area contributed by atoms with Crippen LogP contribution in [0.4, 0.5) is 0 Å². The number of rotatable bonds is 9. The van der Waals surface area contributed by atoms with E-state index in [9.17, 15) is 4.79 Å². The zero-order chi connectivity index (χ0) is 23.2. The van der Waals surface area contributed by atoms with E-state index in [1.807, 2.05) is 19.1 Å². The van der Waals surface area contributed by atoms with Crippen LogP contribution in [0.2, 0.25) is 0 Å². The van der Waals surface area contributed by atoms with Gasteiger partial charge in [0.15, 0.2) is 11.5 Å². The molecule has 0 unspecified atom stereocenters. The molecule has 0 saturated carbocycles. The van der Waals surface area contributed by atoms with Crippen LogP contribution >= 0.6 is 0 Å². The third kappa shape index (κ3) is 5.28. The molecule has 6 heteroatoms. The molecule has 2 aromatic carbocycles. The van der Waals surface area contributed by atoms with E-state index in [0.29, 0.717) is 49.2 Å². The van der Waals surface area contributed by atoms with Gasteiger partial charge in [-0.3, -0.25) is 9.78 Å². The zero-order valence-electron chi connectivity index (χ0n) is 19.4. The molecule has 2 heterocycles. The topological polar surface area (TPSA) is 60.9 Å². The molecule has 6 nitrogen and oxygen atoms in total. The van der Waals surface area contributed by atoms with E-state index in [4.69, 9.17) is 14.2 Å². The van der Waals surface area contributed by atoms with Crippen molar-refractivity contribution in [3.8, 4) is 17.2 Å². The molecule has 0 bridgehead atoms. The van der Waals surface area contributed by atoms with Crippen molar-refractivity contribution in [1.29, 1.82) is 0 Å². The molecular formula is C27H30N2O4. The lowest BCUT2D eigenvalue weighted by Gasteiger charge is -2.39. The van der Waals surface area contributed by atoms with Gasteiger partial charge in [-0.25, -0.2) is 0 Å². The van der Waals surface area contributed by atoms with E-state index >= 15 is 0 Å². The minimum atomic E-state index is -0.0752. The van der Waals surface area contributed by atoms with Crippen molar-refractivity contribution in [1.82, 2.24) is 9.88 Å². The number of aromatic nitrogens is 1. The van der Waals surface area contributed by atoms with Crippen LogP contribution in [0.25, 0.3) is 0 Å². The molecule has 1 amide bonds. The highest BCUT2D eigenvalue weighted by molar-refractivity contribution is 5.93. The molecule has 0 N–H and O–H groups in total. The second-order valence-electron chi connectivity index (χ2n) is 8.09. The number of likely N-dealkylation sites (tertiary alicyclic amines) is 1. The predicted octanol–water partition coefficient (Wildman–Crippen LogP) is 4.87. The summed E-state index contributed by atoms with van der Waals surface area (Å²) in [5.74, 6) is 2.26. The number of benzene rings is 2. The number of aryl methyl sites for hydroxylation is 1. The van der Waals surface area contributed by atoms with Gasteiger partial charge in [0.05, 0.1) is 13.7 Å². The first-order valence-corrected chi connectivity index (χ1v) is 11.4. The summed E-state index contributed by atoms with van der Waals surface area (Å²) in [5, 5.41) is 0. The summed E-state index contributed by atoms with van der Waals surface area (Å²) in [5.41, 5.74) is 3.97. The van der Waals surface area contributed by atoms with Crippen molar-refractivity contribution in [2.75, 3.05) is 26.8 Å². The highest BCUT2D eigenvalue weighted by Crippen LogP contribution is 2.35. The van der Waals surface area contributed by atoms with Gasteiger partial charge in [-0.05, 0) is 48.2 Å². The minimum Gasteiger partial charge on any atom is -0.494 e. The molecule has 0 spiro atoms. The van der Waals surface area contributed by atoms with Crippen molar-refractivity contribution in [3.63, 3.8) is 0 Å². The molecule has 3 aromatic rings. The van der Waals surface area contributed by atoms with E-state index in [-0.39, 0.29) is 11.8 Å². The molecule has 1 fully saturated rings. The summed E-state index contributed by atoms with van der Waals surface area (Å²) in [7, 11) is 1.65. The van der Waals surface area contributed by atoms with Crippen LogP contribution in [0.5, 0.6) is 17.2 Å². The van der Waals surface area contributed by atoms with Crippen molar-refractivity contribution in [2.45, 2.75) is 32.8 Å². The van der Waals surface area contributed by atoms with Gasteiger partial charge in [0, 0.05) is 31.3 Å².